The van der Waals surface area contributed by atoms with Gasteiger partial charge in [0.1, 0.15) is 6.33 Å². The lowest BCUT2D eigenvalue weighted by Gasteiger charge is -2.11. The second-order valence-corrected chi connectivity index (χ2v) is 4.81. The van der Waals surface area contributed by atoms with Gasteiger partial charge in [0.25, 0.3) is 0 Å². The number of hydrogen-bond acceptors (Lipinski definition) is 6. The Hall–Kier alpha value is -2.54. The minimum atomic E-state index is -0.00574. The minimum Gasteiger partial charge on any atom is -0.380 e. The lowest BCUT2D eigenvalue weighted by molar-refractivity contribution is 0.0519. The smallest absolute Gasteiger partial charge is 0.220 e. The molecule has 0 saturated heterocycles. The third kappa shape index (κ3) is 2.97. The van der Waals surface area contributed by atoms with Crippen LogP contribution < -0.4 is 5.73 Å². The van der Waals surface area contributed by atoms with Crippen LogP contribution in [0.1, 0.15) is 18.3 Å². The van der Waals surface area contributed by atoms with Crippen molar-refractivity contribution in [3.8, 4) is 0 Å². The molecule has 2 N–H and O–H groups in total. The lowest BCUT2D eigenvalue weighted by atomic mass is 10.2. The topological polar surface area (TPSA) is 91.2 Å². The summed E-state index contributed by atoms with van der Waals surface area (Å²) in [6, 6.07) is 10.0. The second-order valence-electron chi connectivity index (χ2n) is 4.81. The Kier molecular flexibility index (Phi) is 3.74. The molecule has 0 fully saturated rings. The molecule has 0 radical (unpaired) electrons. The monoisotopic (exact) mass is 284 g/mol. The summed E-state index contributed by atoms with van der Waals surface area (Å²) in [5, 5.41) is 12.2. The summed E-state index contributed by atoms with van der Waals surface area (Å²) < 4.78 is 7.43. The van der Waals surface area contributed by atoms with Gasteiger partial charge < -0.3 is 10.5 Å². The molecule has 7 heteroatoms. The fourth-order valence-corrected chi connectivity index (χ4v) is 2.05. The number of fused-ring (bicyclic) bond motifs is 1. The van der Waals surface area contributed by atoms with Crippen molar-refractivity contribution in [3.63, 3.8) is 0 Å². The van der Waals surface area contributed by atoms with Crippen LogP contribution in [0.15, 0.2) is 36.7 Å². The molecule has 0 spiro atoms. The van der Waals surface area contributed by atoms with Crippen LogP contribution >= 0.6 is 0 Å². The molecule has 0 aliphatic rings. The number of nitrogens with two attached hydrogens (primary N) is 1. The second kappa shape index (κ2) is 5.84. The van der Waals surface area contributed by atoms with Gasteiger partial charge in [0.15, 0.2) is 11.6 Å². The van der Waals surface area contributed by atoms with Gasteiger partial charge in [0.2, 0.25) is 5.65 Å². The molecule has 1 aromatic carbocycles. The zero-order valence-electron chi connectivity index (χ0n) is 11.7. The highest BCUT2D eigenvalue weighted by atomic mass is 16.5. The number of nitrogen functional groups attached to an aromatic ring is 1. The van der Waals surface area contributed by atoms with E-state index in [0.717, 1.165) is 5.56 Å². The van der Waals surface area contributed by atoms with E-state index >= 15 is 0 Å². The Balaban J connectivity index is 1.66. The average molecular weight is 284 g/mol. The third-order valence-electron chi connectivity index (χ3n) is 3.15. The summed E-state index contributed by atoms with van der Waals surface area (Å²) in [5.41, 5.74) is 7.34. The zero-order valence-corrected chi connectivity index (χ0v) is 11.7. The van der Waals surface area contributed by atoms with Gasteiger partial charge >= 0.3 is 0 Å². The first-order chi connectivity index (χ1) is 10.2. The van der Waals surface area contributed by atoms with Gasteiger partial charge in [-0.2, -0.15) is 9.61 Å². The van der Waals surface area contributed by atoms with Crippen molar-refractivity contribution in [2.75, 3.05) is 5.73 Å². The van der Waals surface area contributed by atoms with Crippen LogP contribution in [0.2, 0.25) is 0 Å². The summed E-state index contributed by atoms with van der Waals surface area (Å²) in [4.78, 5) is 3.89. The van der Waals surface area contributed by atoms with Crippen LogP contribution in [0.5, 0.6) is 0 Å². The summed E-state index contributed by atoms with van der Waals surface area (Å²) in [6.45, 7) is 2.56. The van der Waals surface area contributed by atoms with E-state index in [9.17, 15) is 0 Å². The van der Waals surface area contributed by atoms with Crippen molar-refractivity contribution < 1.29 is 4.74 Å². The molecule has 3 rings (SSSR count). The van der Waals surface area contributed by atoms with Gasteiger partial charge in [-0.05, 0) is 12.5 Å². The number of benzene rings is 1. The molecule has 0 unspecified atom stereocenters. The summed E-state index contributed by atoms with van der Waals surface area (Å²) in [6.07, 6.45) is 1.99. The first-order valence-electron chi connectivity index (χ1n) is 6.70. The van der Waals surface area contributed by atoms with Gasteiger partial charge in [-0.15, -0.1) is 10.2 Å². The maximum absolute atomic E-state index is 5.82. The molecule has 0 amide bonds. The van der Waals surface area contributed by atoms with Crippen molar-refractivity contribution in [2.45, 2.75) is 26.1 Å². The molecule has 0 aliphatic heterocycles. The van der Waals surface area contributed by atoms with Crippen LogP contribution in [0.25, 0.3) is 5.65 Å². The number of hydrogen-bond donors (Lipinski definition) is 1. The molecule has 0 aliphatic carbocycles. The zero-order chi connectivity index (χ0) is 14.7. The molecule has 7 nitrogen and oxygen atoms in total. The van der Waals surface area contributed by atoms with Crippen LogP contribution in [0, 0.1) is 0 Å². The number of nitrogens with zero attached hydrogens (tertiary/aromatic N) is 5. The van der Waals surface area contributed by atoms with Crippen molar-refractivity contribution in [2.24, 2.45) is 0 Å². The Morgan fingerprint density at radius 1 is 1.24 bits per heavy atom. The van der Waals surface area contributed by atoms with Crippen molar-refractivity contribution in [3.05, 3.63) is 48.0 Å². The van der Waals surface area contributed by atoms with E-state index in [1.54, 1.807) is 4.52 Å². The normalized spacial score (nSPS) is 12.6. The number of anilines is 1. The predicted octanol–water partition coefficient (Wildman–Crippen LogP) is 1.25. The number of ether oxygens (including phenoxy) is 1. The van der Waals surface area contributed by atoms with Crippen molar-refractivity contribution >= 4 is 11.5 Å². The summed E-state index contributed by atoms with van der Waals surface area (Å²) in [5.74, 6) is 1.03. The molecule has 2 heterocycles. The van der Waals surface area contributed by atoms with E-state index in [0.29, 0.717) is 30.3 Å². The van der Waals surface area contributed by atoms with Gasteiger partial charge in [-0.3, -0.25) is 0 Å². The van der Waals surface area contributed by atoms with E-state index in [2.05, 4.69) is 20.3 Å². The Morgan fingerprint density at radius 2 is 2.05 bits per heavy atom. The molecule has 108 valence electrons. The van der Waals surface area contributed by atoms with E-state index in [1.807, 2.05) is 37.3 Å². The van der Waals surface area contributed by atoms with Crippen LogP contribution in [-0.2, 0) is 17.8 Å². The predicted molar refractivity (Wildman–Crippen MR) is 77.4 cm³/mol. The van der Waals surface area contributed by atoms with Crippen LogP contribution in [0.4, 0.5) is 5.82 Å². The molecule has 0 bridgehead atoms. The fraction of sp³-hybridized carbons (Fsp3) is 0.286. The highest BCUT2D eigenvalue weighted by Crippen LogP contribution is 2.10. The molecule has 3 aromatic rings. The van der Waals surface area contributed by atoms with Crippen molar-refractivity contribution in [1.82, 2.24) is 24.8 Å². The van der Waals surface area contributed by atoms with E-state index < -0.39 is 0 Å². The third-order valence-corrected chi connectivity index (χ3v) is 3.15. The Morgan fingerprint density at radius 3 is 2.86 bits per heavy atom. The fourth-order valence-electron chi connectivity index (χ4n) is 2.05. The first kappa shape index (κ1) is 13.4. The Bertz CT molecular complexity index is 727. The number of aromatic nitrogens is 5. The van der Waals surface area contributed by atoms with Crippen molar-refractivity contribution in [1.29, 1.82) is 0 Å². The van der Waals surface area contributed by atoms with Gasteiger partial charge in [-0.1, -0.05) is 30.3 Å². The minimum absolute atomic E-state index is 0.00574. The molecular weight excluding hydrogens is 268 g/mol. The average Bonchev–Trinajstić information content (AvgIpc) is 2.91. The SMILES string of the molecule is C[C@H](Cc1nnc2c(N)ncnn12)OCc1ccccc1. The quantitative estimate of drug-likeness (QED) is 0.758. The maximum Gasteiger partial charge on any atom is 0.220 e. The highest BCUT2D eigenvalue weighted by molar-refractivity contribution is 5.57. The Labute approximate surface area is 121 Å². The van der Waals surface area contributed by atoms with E-state index in [4.69, 9.17) is 10.5 Å². The molecule has 1 atom stereocenters. The lowest BCUT2D eigenvalue weighted by Crippen LogP contribution is -2.14. The van der Waals surface area contributed by atoms with Gasteiger partial charge in [0.05, 0.1) is 12.7 Å². The molecular formula is C14H16N6O. The van der Waals surface area contributed by atoms with Gasteiger partial charge in [0, 0.05) is 6.42 Å². The largest absolute Gasteiger partial charge is 0.380 e. The van der Waals surface area contributed by atoms with E-state index in [-0.39, 0.29) is 6.10 Å². The first-order valence-corrected chi connectivity index (χ1v) is 6.70. The molecule has 21 heavy (non-hydrogen) atoms. The highest BCUT2D eigenvalue weighted by Gasteiger charge is 2.13. The van der Waals surface area contributed by atoms with Gasteiger partial charge in [-0.25, -0.2) is 4.98 Å². The number of rotatable bonds is 5. The maximum atomic E-state index is 5.82. The van der Waals surface area contributed by atoms with E-state index in [1.165, 1.54) is 6.33 Å². The van der Waals surface area contributed by atoms with Crippen LogP contribution in [0.3, 0.4) is 0 Å². The van der Waals surface area contributed by atoms with Crippen LogP contribution in [-0.4, -0.2) is 30.9 Å². The summed E-state index contributed by atoms with van der Waals surface area (Å²) in [7, 11) is 0. The molecule has 0 saturated carbocycles. The summed E-state index contributed by atoms with van der Waals surface area (Å²) >= 11 is 0. The molecule has 2 aromatic heterocycles. The standard InChI is InChI=1S/C14H16N6O/c1-10(21-8-11-5-3-2-4-6-11)7-12-18-19-14-13(15)16-9-17-20(12)14/h2-6,9-10H,7-8H2,1H3,(H2,15,16,17)/t10-/m1/s1.